The highest BCUT2D eigenvalue weighted by Crippen LogP contribution is 2.18. The molecule has 0 radical (unpaired) electrons. The largest absolute Gasteiger partial charge is 0.452 e. The molecule has 6 heteroatoms. The van der Waals surface area contributed by atoms with Crippen LogP contribution in [0.4, 0.5) is 0 Å². The van der Waals surface area contributed by atoms with Gasteiger partial charge in [0.15, 0.2) is 12.4 Å². The predicted molar refractivity (Wildman–Crippen MR) is 124 cm³/mol. The van der Waals surface area contributed by atoms with Gasteiger partial charge in [0.25, 0.3) is 5.91 Å². The van der Waals surface area contributed by atoms with Crippen molar-refractivity contribution in [3.63, 3.8) is 0 Å². The van der Waals surface area contributed by atoms with Crippen LogP contribution >= 0.6 is 11.6 Å². The van der Waals surface area contributed by atoms with E-state index in [4.69, 9.17) is 16.3 Å². The molecule has 0 atom stereocenters. The average molecular weight is 450 g/mol. The highest BCUT2D eigenvalue weighted by molar-refractivity contribution is 6.30. The van der Waals surface area contributed by atoms with Crippen LogP contribution in [-0.4, -0.2) is 35.2 Å². The van der Waals surface area contributed by atoms with Crippen LogP contribution in [-0.2, 0) is 16.1 Å². The van der Waals surface area contributed by atoms with Crippen molar-refractivity contribution in [2.75, 3.05) is 6.61 Å². The summed E-state index contributed by atoms with van der Waals surface area (Å²) in [5.41, 5.74) is 1.70. The molecular formula is C26H24ClNO4. The molecule has 0 saturated carbocycles. The Bertz CT molecular complexity index is 1090. The molecule has 0 aliphatic heterocycles. The number of carbonyl (C=O) groups is 3. The number of ketones is 1. The zero-order chi connectivity index (χ0) is 23.1. The molecule has 32 heavy (non-hydrogen) atoms. The molecule has 0 fully saturated rings. The van der Waals surface area contributed by atoms with Gasteiger partial charge in [-0.15, -0.1) is 0 Å². The van der Waals surface area contributed by atoms with E-state index in [0.29, 0.717) is 17.1 Å². The lowest BCUT2D eigenvalue weighted by Crippen LogP contribution is -2.39. The topological polar surface area (TPSA) is 63.7 Å². The molecule has 5 nitrogen and oxygen atoms in total. The number of ether oxygens (including phenoxy) is 1. The molecule has 0 bridgehead atoms. The van der Waals surface area contributed by atoms with E-state index in [-0.39, 0.29) is 28.9 Å². The molecule has 0 heterocycles. The summed E-state index contributed by atoms with van der Waals surface area (Å²) in [4.78, 5) is 40.1. The van der Waals surface area contributed by atoms with Crippen LogP contribution in [0.15, 0.2) is 78.9 Å². The fourth-order valence-electron chi connectivity index (χ4n) is 3.24. The normalized spacial score (nSPS) is 10.6. The van der Waals surface area contributed by atoms with Gasteiger partial charge >= 0.3 is 5.97 Å². The van der Waals surface area contributed by atoms with Crippen LogP contribution in [0.2, 0.25) is 5.02 Å². The van der Waals surface area contributed by atoms with Gasteiger partial charge in [-0.25, -0.2) is 4.79 Å². The van der Waals surface area contributed by atoms with Gasteiger partial charge in [0.2, 0.25) is 0 Å². The van der Waals surface area contributed by atoms with E-state index in [2.05, 4.69) is 0 Å². The first kappa shape index (κ1) is 23.2. The second-order valence-corrected chi connectivity index (χ2v) is 8.00. The zero-order valence-electron chi connectivity index (χ0n) is 18.0. The zero-order valence-corrected chi connectivity index (χ0v) is 18.7. The molecule has 3 aromatic rings. The molecule has 0 aliphatic rings. The molecule has 1 amide bonds. The predicted octanol–water partition coefficient (Wildman–Crippen LogP) is 5.17. The van der Waals surface area contributed by atoms with Crippen LogP contribution < -0.4 is 0 Å². The highest BCUT2D eigenvalue weighted by atomic mass is 35.5. The van der Waals surface area contributed by atoms with Crippen LogP contribution in [0, 0.1) is 0 Å². The van der Waals surface area contributed by atoms with Gasteiger partial charge in [-0.1, -0.05) is 60.1 Å². The third-order valence-electron chi connectivity index (χ3n) is 4.96. The first-order chi connectivity index (χ1) is 15.4. The van der Waals surface area contributed by atoms with E-state index in [1.807, 2.05) is 44.2 Å². The first-order valence-corrected chi connectivity index (χ1v) is 10.6. The second-order valence-electron chi connectivity index (χ2n) is 7.56. The summed E-state index contributed by atoms with van der Waals surface area (Å²) in [6.45, 7) is 3.82. The first-order valence-electron chi connectivity index (χ1n) is 10.3. The summed E-state index contributed by atoms with van der Waals surface area (Å²) in [5.74, 6) is -1.35. The van der Waals surface area contributed by atoms with Crippen LogP contribution in [0.1, 0.15) is 45.7 Å². The number of rotatable bonds is 8. The maximum Gasteiger partial charge on any atom is 0.339 e. The summed E-state index contributed by atoms with van der Waals surface area (Å²) >= 11 is 5.89. The Kier molecular flexibility index (Phi) is 7.79. The number of hydrogen-bond donors (Lipinski definition) is 0. The molecule has 0 aliphatic carbocycles. The number of esters is 1. The van der Waals surface area contributed by atoms with Crippen molar-refractivity contribution in [1.82, 2.24) is 4.90 Å². The van der Waals surface area contributed by atoms with Crippen molar-refractivity contribution in [3.05, 3.63) is 106 Å². The minimum absolute atomic E-state index is 0.0693. The minimum atomic E-state index is -0.723. The van der Waals surface area contributed by atoms with Crippen molar-refractivity contribution in [2.24, 2.45) is 0 Å². The van der Waals surface area contributed by atoms with Gasteiger partial charge in [-0.2, -0.15) is 0 Å². The SMILES string of the molecule is CC(C)N(Cc1ccccc1)C(=O)COC(=O)c1ccccc1C(=O)c1ccc(Cl)cc1. The fraction of sp³-hybridized carbons (Fsp3) is 0.192. The highest BCUT2D eigenvalue weighted by Gasteiger charge is 2.22. The third kappa shape index (κ3) is 5.83. The Morgan fingerprint density at radius 3 is 2.06 bits per heavy atom. The van der Waals surface area contributed by atoms with Crippen LogP contribution in [0.5, 0.6) is 0 Å². The van der Waals surface area contributed by atoms with Gasteiger partial charge in [0, 0.05) is 28.7 Å². The number of halogens is 1. The average Bonchev–Trinajstić information content (AvgIpc) is 2.81. The lowest BCUT2D eigenvalue weighted by Gasteiger charge is -2.26. The standard InChI is InChI=1S/C26H24ClNO4/c1-18(2)28(16-19-8-4-3-5-9-19)24(29)17-32-26(31)23-11-7-6-10-22(23)25(30)20-12-14-21(27)15-13-20/h3-15,18H,16-17H2,1-2H3. The number of nitrogens with zero attached hydrogens (tertiary/aromatic N) is 1. The van der Waals surface area contributed by atoms with E-state index in [9.17, 15) is 14.4 Å². The van der Waals surface area contributed by atoms with Crippen LogP contribution in [0.25, 0.3) is 0 Å². The Morgan fingerprint density at radius 2 is 1.44 bits per heavy atom. The number of benzene rings is 3. The number of amides is 1. The van der Waals surface area contributed by atoms with Gasteiger partial charge in [-0.05, 0) is 49.7 Å². The Hall–Kier alpha value is -3.44. The summed E-state index contributed by atoms with van der Waals surface area (Å²) in [5, 5.41) is 0.512. The molecule has 0 aromatic heterocycles. The fourth-order valence-corrected chi connectivity index (χ4v) is 3.37. The van der Waals surface area contributed by atoms with E-state index in [1.54, 1.807) is 47.4 Å². The lowest BCUT2D eigenvalue weighted by molar-refractivity contribution is -0.136. The molecule has 164 valence electrons. The lowest BCUT2D eigenvalue weighted by atomic mass is 9.98. The summed E-state index contributed by atoms with van der Waals surface area (Å²) < 4.78 is 5.30. The molecule has 0 spiro atoms. The van der Waals surface area contributed by atoms with Crippen LogP contribution in [0.3, 0.4) is 0 Å². The molecule has 3 aromatic carbocycles. The van der Waals surface area contributed by atoms with E-state index < -0.39 is 12.6 Å². The van der Waals surface area contributed by atoms with Gasteiger partial charge in [-0.3, -0.25) is 9.59 Å². The van der Waals surface area contributed by atoms with Crippen molar-refractivity contribution in [2.45, 2.75) is 26.4 Å². The van der Waals surface area contributed by atoms with Crippen molar-refractivity contribution < 1.29 is 19.1 Å². The Balaban J connectivity index is 1.71. The maximum atomic E-state index is 12.9. The Morgan fingerprint density at radius 1 is 0.844 bits per heavy atom. The summed E-state index contributed by atoms with van der Waals surface area (Å²) in [6, 6.07) is 22.4. The van der Waals surface area contributed by atoms with Gasteiger partial charge in [0.1, 0.15) is 0 Å². The molecular weight excluding hydrogens is 426 g/mol. The van der Waals surface area contributed by atoms with E-state index >= 15 is 0 Å². The van der Waals surface area contributed by atoms with Gasteiger partial charge < -0.3 is 9.64 Å². The van der Waals surface area contributed by atoms with Crippen molar-refractivity contribution in [1.29, 1.82) is 0 Å². The molecule has 3 rings (SSSR count). The maximum absolute atomic E-state index is 12.9. The second kappa shape index (κ2) is 10.7. The molecule has 0 saturated heterocycles. The van der Waals surface area contributed by atoms with E-state index in [1.165, 1.54) is 6.07 Å². The van der Waals surface area contributed by atoms with Crippen molar-refractivity contribution in [3.8, 4) is 0 Å². The van der Waals surface area contributed by atoms with Gasteiger partial charge in [0.05, 0.1) is 5.56 Å². The van der Waals surface area contributed by atoms with Crippen molar-refractivity contribution >= 4 is 29.3 Å². The smallest absolute Gasteiger partial charge is 0.339 e. The summed E-state index contributed by atoms with van der Waals surface area (Å²) in [7, 11) is 0. The molecule has 0 unspecified atom stereocenters. The Labute approximate surface area is 192 Å². The number of hydrogen-bond acceptors (Lipinski definition) is 4. The quantitative estimate of drug-likeness (QED) is 0.352. The monoisotopic (exact) mass is 449 g/mol. The molecule has 0 N–H and O–H groups in total. The number of carbonyl (C=O) groups excluding carboxylic acids is 3. The third-order valence-corrected chi connectivity index (χ3v) is 5.22. The summed E-state index contributed by atoms with van der Waals surface area (Å²) in [6.07, 6.45) is 0. The van der Waals surface area contributed by atoms with E-state index in [0.717, 1.165) is 5.56 Å². The minimum Gasteiger partial charge on any atom is -0.452 e.